The zero-order chi connectivity index (χ0) is 31.6. The molecule has 6 nitrogen and oxygen atoms in total. The molecule has 0 unspecified atom stereocenters. The molecule has 6 heteroatoms. The van der Waals surface area contributed by atoms with Crippen LogP contribution in [-0.2, 0) is 0 Å². The van der Waals surface area contributed by atoms with Gasteiger partial charge in [0.25, 0.3) is 0 Å². The highest BCUT2D eigenvalue weighted by atomic mass is 16.3. The lowest BCUT2D eigenvalue weighted by Crippen LogP contribution is -2.00. The van der Waals surface area contributed by atoms with Crippen molar-refractivity contribution in [1.29, 1.82) is 0 Å². The molecular formula is C42H24N4O2. The molecule has 0 fully saturated rings. The monoisotopic (exact) mass is 616 g/mol. The summed E-state index contributed by atoms with van der Waals surface area (Å²) in [6, 6.07) is 47.0. The van der Waals surface area contributed by atoms with Crippen LogP contribution < -0.4 is 0 Å². The van der Waals surface area contributed by atoms with Gasteiger partial charge in [-0.1, -0.05) is 97.1 Å². The molecule has 0 atom stereocenters. The lowest BCUT2D eigenvalue weighted by molar-refractivity contribution is 0.669. The molecule has 0 N–H and O–H groups in total. The van der Waals surface area contributed by atoms with Gasteiger partial charge in [0, 0.05) is 44.3 Å². The van der Waals surface area contributed by atoms with E-state index >= 15 is 0 Å². The topological polar surface area (TPSA) is 77.8 Å². The Balaban J connectivity index is 1.23. The first-order valence-corrected chi connectivity index (χ1v) is 15.8. The van der Waals surface area contributed by atoms with Gasteiger partial charge >= 0.3 is 0 Å². The number of pyridine rings is 1. The third kappa shape index (κ3) is 4.20. The summed E-state index contributed by atoms with van der Waals surface area (Å²) in [5.41, 5.74) is 8.79. The molecule has 0 spiro atoms. The maximum absolute atomic E-state index is 6.56. The number of rotatable bonds is 4. The van der Waals surface area contributed by atoms with Crippen molar-refractivity contribution in [1.82, 2.24) is 19.9 Å². The predicted octanol–water partition coefficient (Wildman–Crippen LogP) is 10.9. The Kier molecular flexibility index (Phi) is 5.77. The minimum absolute atomic E-state index is 0.510. The molecule has 10 rings (SSSR count). The normalized spacial score (nSPS) is 11.8. The van der Waals surface area contributed by atoms with Crippen molar-refractivity contribution in [2.75, 3.05) is 0 Å². The van der Waals surface area contributed by atoms with Gasteiger partial charge < -0.3 is 8.83 Å². The lowest BCUT2D eigenvalue weighted by atomic mass is 10.0. The van der Waals surface area contributed by atoms with Crippen LogP contribution in [0.5, 0.6) is 0 Å². The Bertz CT molecular complexity index is 2840. The summed E-state index contributed by atoms with van der Waals surface area (Å²) in [6.07, 6.45) is 1.81. The molecule has 4 aromatic heterocycles. The highest BCUT2D eigenvalue weighted by molar-refractivity contribution is 6.21. The highest BCUT2D eigenvalue weighted by Gasteiger charge is 2.21. The molecule has 48 heavy (non-hydrogen) atoms. The van der Waals surface area contributed by atoms with Gasteiger partial charge in [-0.15, -0.1) is 0 Å². The Morgan fingerprint density at radius 1 is 0.396 bits per heavy atom. The van der Waals surface area contributed by atoms with E-state index in [4.69, 9.17) is 28.8 Å². The van der Waals surface area contributed by atoms with Gasteiger partial charge in [0.05, 0.1) is 11.1 Å². The first kappa shape index (κ1) is 26.5. The third-order valence-corrected chi connectivity index (χ3v) is 8.99. The first-order chi connectivity index (χ1) is 23.8. The quantitative estimate of drug-likeness (QED) is 0.196. The second kappa shape index (κ2) is 10.4. The van der Waals surface area contributed by atoms with Crippen molar-refractivity contribution in [2.45, 2.75) is 0 Å². The van der Waals surface area contributed by atoms with Crippen LogP contribution in [0.15, 0.2) is 155 Å². The molecule has 0 aliphatic heterocycles. The molecule has 4 heterocycles. The van der Waals surface area contributed by atoms with E-state index in [9.17, 15) is 0 Å². The summed E-state index contributed by atoms with van der Waals surface area (Å²) in [5.74, 6) is 1.63. The predicted molar refractivity (Wildman–Crippen MR) is 191 cm³/mol. The highest BCUT2D eigenvalue weighted by Crippen LogP contribution is 2.40. The Labute approximate surface area is 274 Å². The summed E-state index contributed by atoms with van der Waals surface area (Å²) in [5, 5.41) is 5.09. The SMILES string of the molecule is c1ccc(-c2ccc(-c3nc(-c4ccc5oc6ccccc6c5c4)nc(-c4cc5ncccc5c5c4oc4ccccc45)n3)cc2)cc1. The fourth-order valence-corrected chi connectivity index (χ4v) is 6.68. The van der Waals surface area contributed by atoms with Crippen LogP contribution in [0, 0.1) is 0 Å². The largest absolute Gasteiger partial charge is 0.456 e. The Morgan fingerprint density at radius 2 is 1.00 bits per heavy atom. The second-order valence-corrected chi connectivity index (χ2v) is 11.9. The van der Waals surface area contributed by atoms with Gasteiger partial charge in [-0.05, 0) is 53.6 Å². The minimum Gasteiger partial charge on any atom is -0.456 e. The molecule has 0 saturated heterocycles. The van der Waals surface area contributed by atoms with E-state index in [0.717, 1.165) is 82.6 Å². The van der Waals surface area contributed by atoms with Crippen LogP contribution in [0.2, 0.25) is 0 Å². The van der Waals surface area contributed by atoms with E-state index in [-0.39, 0.29) is 0 Å². The number of nitrogens with zero attached hydrogens (tertiary/aromatic N) is 4. The number of aromatic nitrogens is 4. The third-order valence-electron chi connectivity index (χ3n) is 8.99. The number of hydrogen-bond donors (Lipinski definition) is 0. The molecule has 0 aliphatic rings. The molecule has 0 bridgehead atoms. The molecule has 6 aromatic carbocycles. The molecule has 10 aromatic rings. The van der Waals surface area contributed by atoms with Crippen LogP contribution in [0.1, 0.15) is 0 Å². The maximum Gasteiger partial charge on any atom is 0.167 e. The van der Waals surface area contributed by atoms with Crippen molar-refractivity contribution < 1.29 is 8.83 Å². The fourth-order valence-electron chi connectivity index (χ4n) is 6.68. The van der Waals surface area contributed by atoms with E-state index in [1.165, 1.54) is 0 Å². The van der Waals surface area contributed by atoms with Gasteiger partial charge in [-0.2, -0.15) is 0 Å². The maximum atomic E-state index is 6.56. The van der Waals surface area contributed by atoms with Gasteiger partial charge in [0.15, 0.2) is 17.5 Å². The number of fused-ring (bicyclic) bond motifs is 8. The summed E-state index contributed by atoms with van der Waals surface area (Å²) in [7, 11) is 0. The summed E-state index contributed by atoms with van der Waals surface area (Å²) >= 11 is 0. The van der Waals surface area contributed by atoms with E-state index in [0.29, 0.717) is 17.5 Å². The van der Waals surface area contributed by atoms with Crippen LogP contribution >= 0.6 is 0 Å². The Hall–Kier alpha value is -6.66. The van der Waals surface area contributed by atoms with E-state index < -0.39 is 0 Å². The van der Waals surface area contributed by atoms with Gasteiger partial charge in [-0.3, -0.25) is 4.98 Å². The molecule has 224 valence electrons. The zero-order valence-corrected chi connectivity index (χ0v) is 25.5. The van der Waals surface area contributed by atoms with Crippen molar-refractivity contribution in [3.8, 4) is 45.3 Å². The second-order valence-electron chi connectivity index (χ2n) is 11.9. The van der Waals surface area contributed by atoms with Crippen molar-refractivity contribution >= 4 is 54.8 Å². The Morgan fingerprint density at radius 3 is 1.83 bits per heavy atom. The molecule has 0 amide bonds. The minimum atomic E-state index is 0.510. The van der Waals surface area contributed by atoms with Crippen LogP contribution in [0.4, 0.5) is 0 Å². The van der Waals surface area contributed by atoms with Crippen LogP contribution in [-0.4, -0.2) is 19.9 Å². The van der Waals surface area contributed by atoms with Gasteiger partial charge in [0.2, 0.25) is 0 Å². The van der Waals surface area contributed by atoms with Gasteiger partial charge in [0.1, 0.15) is 22.3 Å². The fraction of sp³-hybridized carbons (Fsp3) is 0. The van der Waals surface area contributed by atoms with Crippen molar-refractivity contribution in [3.05, 3.63) is 146 Å². The number of para-hydroxylation sites is 2. The van der Waals surface area contributed by atoms with Crippen LogP contribution in [0.3, 0.4) is 0 Å². The number of hydrogen-bond acceptors (Lipinski definition) is 6. The van der Waals surface area contributed by atoms with E-state index in [2.05, 4.69) is 60.7 Å². The summed E-state index contributed by atoms with van der Waals surface area (Å²) in [4.78, 5) is 20.0. The lowest BCUT2D eigenvalue weighted by Gasteiger charge is -2.10. The smallest absolute Gasteiger partial charge is 0.167 e. The zero-order valence-electron chi connectivity index (χ0n) is 25.5. The summed E-state index contributed by atoms with van der Waals surface area (Å²) in [6.45, 7) is 0. The molecule has 0 saturated carbocycles. The van der Waals surface area contributed by atoms with E-state index in [1.54, 1.807) is 0 Å². The average Bonchev–Trinajstić information content (AvgIpc) is 3.73. The molecule has 0 radical (unpaired) electrons. The average molecular weight is 617 g/mol. The summed E-state index contributed by atoms with van der Waals surface area (Å²) < 4.78 is 12.7. The van der Waals surface area contributed by atoms with Crippen molar-refractivity contribution in [3.63, 3.8) is 0 Å². The first-order valence-electron chi connectivity index (χ1n) is 15.8. The number of furan rings is 2. The standard InChI is InChI=1S/C42H24N4O2/c1-2-9-25(10-3-1)26-16-18-27(19-17-26)40-44-41(28-20-21-37-32(23-28)29-11-4-6-14-35(29)47-37)46-42(45-40)33-24-34-30(13-8-22-43-34)38-31-12-5-7-15-36(31)48-39(33)38/h1-24H. The van der Waals surface area contributed by atoms with Gasteiger partial charge in [-0.25, -0.2) is 15.0 Å². The van der Waals surface area contributed by atoms with E-state index in [1.807, 2.05) is 85.1 Å². The van der Waals surface area contributed by atoms with Crippen molar-refractivity contribution in [2.24, 2.45) is 0 Å². The molecule has 0 aliphatic carbocycles. The van der Waals surface area contributed by atoms with Crippen LogP contribution in [0.25, 0.3) is 100 Å². The number of benzene rings is 6. The molecular weight excluding hydrogens is 592 g/mol.